The molecule has 8 heteroatoms. The maximum absolute atomic E-state index is 12.9. The number of hydrogen-bond acceptors (Lipinski definition) is 5. The van der Waals surface area contributed by atoms with E-state index in [1.807, 2.05) is 40.1 Å². The van der Waals surface area contributed by atoms with E-state index >= 15 is 0 Å². The third-order valence-corrected chi connectivity index (χ3v) is 5.71. The summed E-state index contributed by atoms with van der Waals surface area (Å²) >= 11 is 5.89. The number of carbonyl (C=O) groups is 2. The summed E-state index contributed by atoms with van der Waals surface area (Å²) in [5.41, 5.74) is 8.14. The van der Waals surface area contributed by atoms with Crippen molar-refractivity contribution in [1.82, 2.24) is 25.6 Å². The number of rotatable bonds is 4. The Labute approximate surface area is 175 Å². The zero-order chi connectivity index (χ0) is 20.2. The molecule has 4 rings (SSSR count). The SMILES string of the molecule is O=C(Cc1ccc(Cl)cc1)N1CCN(C(=O)C2CC(c3ccccn3)NN2)CC1. The topological polar surface area (TPSA) is 77.6 Å². The van der Waals surface area contributed by atoms with Gasteiger partial charge in [-0.2, -0.15) is 0 Å². The van der Waals surface area contributed by atoms with Gasteiger partial charge in [0.15, 0.2) is 0 Å². The molecule has 3 heterocycles. The number of carbonyl (C=O) groups excluding carboxylic acids is 2. The van der Waals surface area contributed by atoms with Crippen LogP contribution in [-0.2, 0) is 16.0 Å². The zero-order valence-electron chi connectivity index (χ0n) is 16.1. The molecule has 1 aromatic heterocycles. The van der Waals surface area contributed by atoms with Gasteiger partial charge in [-0.25, -0.2) is 10.9 Å². The average Bonchev–Trinajstić information content (AvgIpc) is 3.26. The molecule has 2 aromatic rings. The van der Waals surface area contributed by atoms with Crippen LogP contribution < -0.4 is 10.9 Å². The number of piperazine rings is 1. The second-order valence-corrected chi connectivity index (χ2v) is 7.83. The van der Waals surface area contributed by atoms with Gasteiger partial charge in [0.25, 0.3) is 0 Å². The van der Waals surface area contributed by atoms with Gasteiger partial charge in [-0.05, 0) is 36.2 Å². The van der Waals surface area contributed by atoms with Crippen LogP contribution in [0.15, 0.2) is 48.7 Å². The van der Waals surface area contributed by atoms with Crippen LogP contribution in [0.2, 0.25) is 5.02 Å². The van der Waals surface area contributed by atoms with Crippen LogP contribution in [0.5, 0.6) is 0 Å². The lowest BCUT2D eigenvalue weighted by molar-refractivity contribution is -0.140. The number of nitrogens with zero attached hydrogens (tertiary/aromatic N) is 3. The van der Waals surface area contributed by atoms with Crippen LogP contribution in [0.4, 0.5) is 0 Å². The molecule has 2 saturated heterocycles. The van der Waals surface area contributed by atoms with Crippen molar-refractivity contribution >= 4 is 23.4 Å². The first kappa shape index (κ1) is 19.8. The van der Waals surface area contributed by atoms with Gasteiger partial charge in [0.2, 0.25) is 11.8 Å². The first-order valence-electron chi connectivity index (χ1n) is 9.83. The number of hydrazine groups is 1. The minimum Gasteiger partial charge on any atom is -0.339 e. The van der Waals surface area contributed by atoms with Crippen LogP contribution in [0.25, 0.3) is 0 Å². The van der Waals surface area contributed by atoms with Gasteiger partial charge < -0.3 is 9.80 Å². The van der Waals surface area contributed by atoms with E-state index in [-0.39, 0.29) is 23.9 Å². The van der Waals surface area contributed by atoms with E-state index in [1.165, 1.54) is 0 Å². The number of hydrogen-bond donors (Lipinski definition) is 2. The van der Waals surface area contributed by atoms with Gasteiger partial charge >= 0.3 is 0 Å². The Bertz CT molecular complexity index is 853. The number of aromatic nitrogens is 1. The average molecular weight is 414 g/mol. The molecule has 2 fully saturated rings. The van der Waals surface area contributed by atoms with Crippen molar-refractivity contribution in [3.8, 4) is 0 Å². The minimum absolute atomic E-state index is 0.0207. The summed E-state index contributed by atoms with van der Waals surface area (Å²) in [7, 11) is 0. The van der Waals surface area contributed by atoms with E-state index in [2.05, 4.69) is 15.8 Å². The Morgan fingerprint density at radius 2 is 1.72 bits per heavy atom. The van der Waals surface area contributed by atoms with Crippen LogP contribution in [0, 0.1) is 0 Å². The quantitative estimate of drug-likeness (QED) is 0.795. The van der Waals surface area contributed by atoms with Gasteiger partial charge in [0.05, 0.1) is 18.2 Å². The summed E-state index contributed by atoms with van der Waals surface area (Å²) in [5, 5.41) is 0.661. The number of pyridine rings is 1. The van der Waals surface area contributed by atoms with Crippen LogP contribution in [0.1, 0.15) is 23.7 Å². The smallest absolute Gasteiger partial charge is 0.241 e. The van der Waals surface area contributed by atoms with Crippen molar-refractivity contribution < 1.29 is 9.59 Å². The lowest BCUT2D eigenvalue weighted by Gasteiger charge is -2.36. The Morgan fingerprint density at radius 3 is 2.41 bits per heavy atom. The molecule has 0 aliphatic carbocycles. The monoisotopic (exact) mass is 413 g/mol. The Balaban J connectivity index is 1.26. The highest BCUT2D eigenvalue weighted by molar-refractivity contribution is 6.30. The highest BCUT2D eigenvalue weighted by Gasteiger charge is 2.35. The summed E-state index contributed by atoms with van der Waals surface area (Å²) < 4.78 is 0. The second-order valence-electron chi connectivity index (χ2n) is 7.39. The summed E-state index contributed by atoms with van der Waals surface area (Å²) in [5.74, 6) is 0.149. The third-order valence-electron chi connectivity index (χ3n) is 5.46. The molecule has 2 unspecified atom stereocenters. The third kappa shape index (κ3) is 4.75. The predicted octanol–water partition coefficient (Wildman–Crippen LogP) is 1.56. The number of nitrogens with one attached hydrogen (secondary N) is 2. The van der Waals surface area contributed by atoms with Crippen LogP contribution >= 0.6 is 11.6 Å². The maximum atomic E-state index is 12.9. The van der Waals surface area contributed by atoms with E-state index in [4.69, 9.17) is 11.6 Å². The van der Waals surface area contributed by atoms with Crippen molar-refractivity contribution in [2.24, 2.45) is 0 Å². The fourth-order valence-corrected chi connectivity index (χ4v) is 3.91. The molecule has 7 nitrogen and oxygen atoms in total. The largest absolute Gasteiger partial charge is 0.339 e. The molecule has 2 aliphatic heterocycles. The molecule has 0 saturated carbocycles. The van der Waals surface area contributed by atoms with E-state index in [0.29, 0.717) is 44.0 Å². The number of benzene rings is 1. The maximum Gasteiger partial charge on any atom is 0.241 e. The fourth-order valence-electron chi connectivity index (χ4n) is 3.78. The lowest BCUT2D eigenvalue weighted by Crippen LogP contribution is -2.54. The predicted molar refractivity (Wildman–Crippen MR) is 110 cm³/mol. The summed E-state index contributed by atoms with van der Waals surface area (Å²) in [4.78, 5) is 33.4. The molecule has 29 heavy (non-hydrogen) atoms. The molecule has 0 bridgehead atoms. The van der Waals surface area contributed by atoms with E-state index in [0.717, 1.165) is 11.3 Å². The molecule has 152 valence electrons. The van der Waals surface area contributed by atoms with Crippen LogP contribution in [-0.4, -0.2) is 58.8 Å². The molecular formula is C21H24ClN5O2. The standard InChI is InChI=1S/C21H24ClN5O2/c22-16-6-4-15(5-7-16)13-20(28)26-9-11-27(12-10-26)21(29)19-14-18(24-25-19)17-3-1-2-8-23-17/h1-8,18-19,24-25H,9-14H2. The number of amides is 2. The van der Waals surface area contributed by atoms with Crippen LogP contribution in [0.3, 0.4) is 0 Å². The Kier molecular flexibility index (Phi) is 6.08. The molecule has 2 N–H and O–H groups in total. The molecular weight excluding hydrogens is 390 g/mol. The molecule has 0 radical (unpaired) electrons. The molecule has 2 aliphatic rings. The molecule has 2 atom stereocenters. The van der Waals surface area contributed by atoms with Crippen molar-refractivity contribution in [1.29, 1.82) is 0 Å². The fraction of sp³-hybridized carbons (Fsp3) is 0.381. The molecule has 1 aromatic carbocycles. The first-order chi connectivity index (χ1) is 14.1. The normalized spacial score (nSPS) is 22.0. The number of halogens is 1. The van der Waals surface area contributed by atoms with E-state index in [9.17, 15) is 9.59 Å². The summed E-state index contributed by atoms with van der Waals surface area (Å²) in [6.07, 6.45) is 2.77. The summed E-state index contributed by atoms with van der Waals surface area (Å²) in [6, 6.07) is 12.8. The van der Waals surface area contributed by atoms with Crippen molar-refractivity contribution in [3.05, 3.63) is 64.9 Å². The minimum atomic E-state index is -0.279. The van der Waals surface area contributed by atoms with E-state index in [1.54, 1.807) is 18.3 Å². The van der Waals surface area contributed by atoms with Gasteiger partial charge in [-0.1, -0.05) is 29.8 Å². The van der Waals surface area contributed by atoms with Crippen molar-refractivity contribution in [2.75, 3.05) is 26.2 Å². The Morgan fingerprint density at radius 1 is 1.00 bits per heavy atom. The van der Waals surface area contributed by atoms with Gasteiger partial charge in [0, 0.05) is 37.4 Å². The van der Waals surface area contributed by atoms with Crippen molar-refractivity contribution in [2.45, 2.75) is 24.9 Å². The van der Waals surface area contributed by atoms with Gasteiger partial charge in [0.1, 0.15) is 6.04 Å². The van der Waals surface area contributed by atoms with E-state index < -0.39 is 0 Å². The summed E-state index contributed by atoms with van der Waals surface area (Å²) in [6.45, 7) is 2.22. The lowest BCUT2D eigenvalue weighted by atomic mass is 10.1. The first-order valence-corrected chi connectivity index (χ1v) is 10.2. The highest BCUT2D eigenvalue weighted by Crippen LogP contribution is 2.21. The second kappa shape index (κ2) is 8.90. The highest BCUT2D eigenvalue weighted by atomic mass is 35.5. The van der Waals surface area contributed by atoms with Gasteiger partial charge in [-0.15, -0.1) is 0 Å². The zero-order valence-corrected chi connectivity index (χ0v) is 16.8. The Hall–Kier alpha value is -2.48. The van der Waals surface area contributed by atoms with Gasteiger partial charge in [-0.3, -0.25) is 14.6 Å². The molecule has 2 amide bonds. The molecule has 0 spiro atoms. The van der Waals surface area contributed by atoms with Crippen molar-refractivity contribution in [3.63, 3.8) is 0 Å².